The molecule has 0 N–H and O–H groups in total. The van der Waals surface area contributed by atoms with Gasteiger partial charge >= 0.3 is 0 Å². The molecular weight excluding hydrogens is 238 g/mol. The first-order valence-electron chi connectivity index (χ1n) is 5.99. The Labute approximate surface area is 111 Å². The fraction of sp³-hybridized carbons (Fsp3) is 0.125. The first-order chi connectivity index (χ1) is 9.29. The number of allylic oxidation sites excluding steroid dienone is 1. The number of nitrogens with zero attached hydrogens (tertiary/aromatic N) is 1. The van der Waals surface area contributed by atoms with E-state index in [-0.39, 0.29) is 12.2 Å². The molecule has 0 fully saturated rings. The summed E-state index contributed by atoms with van der Waals surface area (Å²) in [5.74, 6) is -0.305. The molecule has 1 unspecified atom stereocenters. The predicted octanol–water partition coefficient (Wildman–Crippen LogP) is 3.71. The topological polar surface area (TPSA) is 54.0 Å². The van der Waals surface area contributed by atoms with E-state index in [2.05, 4.69) is 6.07 Å². The van der Waals surface area contributed by atoms with Crippen molar-refractivity contribution in [2.45, 2.75) is 6.42 Å². The zero-order valence-corrected chi connectivity index (χ0v) is 10.3. The van der Waals surface area contributed by atoms with Crippen molar-refractivity contribution in [1.82, 2.24) is 0 Å². The number of nitriles is 1. The van der Waals surface area contributed by atoms with E-state index in [1.807, 2.05) is 36.4 Å². The van der Waals surface area contributed by atoms with Crippen LogP contribution in [0.25, 0.3) is 6.08 Å². The lowest BCUT2D eigenvalue weighted by Gasteiger charge is -2.01. The van der Waals surface area contributed by atoms with E-state index in [0.29, 0.717) is 5.76 Å². The first-order valence-corrected chi connectivity index (χ1v) is 5.99. The van der Waals surface area contributed by atoms with E-state index in [9.17, 15) is 4.79 Å². The van der Waals surface area contributed by atoms with Crippen LogP contribution < -0.4 is 0 Å². The number of hydrogen-bond acceptors (Lipinski definition) is 3. The number of furan rings is 1. The Morgan fingerprint density at radius 1 is 1.26 bits per heavy atom. The molecule has 0 aliphatic rings. The van der Waals surface area contributed by atoms with Gasteiger partial charge in [-0.3, -0.25) is 4.79 Å². The summed E-state index contributed by atoms with van der Waals surface area (Å²) in [6, 6.07) is 15.1. The minimum Gasteiger partial charge on any atom is -0.461 e. The Kier molecular flexibility index (Phi) is 4.30. The molecule has 0 saturated carbocycles. The number of carbonyl (C=O) groups is 1. The maximum Gasteiger partial charge on any atom is 0.199 e. The number of benzene rings is 1. The molecule has 0 spiro atoms. The molecule has 94 valence electrons. The van der Waals surface area contributed by atoms with E-state index >= 15 is 0 Å². The normalized spacial score (nSPS) is 12.2. The highest BCUT2D eigenvalue weighted by Gasteiger charge is 2.14. The average Bonchev–Trinajstić information content (AvgIpc) is 2.98. The van der Waals surface area contributed by atoms with Gasteiger partial charge in [0, 0.05) is 6.42 Å². The van der Waals surface area contributed by atoms with E-state index in [1.165, 1.54) is 6.26 Å². The summed E-state index contributed by atoms with van der Waals surface area (Å²) in [7, 11) is 0. The Hall–Kier alpha value is -2.60. The third-order valence-electron chi connectivity index (χ3n) is 2.69. The lowest BCUT2D eigenvalue weighted by atomic mass is 10.0. The number of rotatable bonds is 5. The summed E-state index contributed by atoms with van der Waals surface area (Å²) < 4.78 is 5.02. The molecule has 1 atom stereocenters. The standard InChI is InChI=1S/C16H13NO2/c17-12-14(9-8-13-5-2-1-3-6-13)11-15(18)16-7-4-10-19-16/h1-10,14H,11H2/b9-8+. The molecule has 3 heteroatoms. The maximum absolute atomic E-state index is 11.8. The van der Waals surface area contributed by atoms with Gasteiger partial charge in [0.15, 0.2) is 11.5 Å². The van der Waals surface area contributed by atoms with E-state index in [0.717, 1.165) is 5.56 Å². The molecular formula is C16H13NO2. The highest BCUT2D eigenvalue weighted by atomic mass is 16.3. The van der Waals surface area contributed by atoms with Crippen LogP contribution in [0.2, 0.25) is 0 Å². The molecule has 0 radical (unpaired) electrons. The lowest BCUT2D eigenvalue weighted by Crippen LogP contribution is -2.04. The van der Waals surface area contributed by atoms with Crippen LogP contribution >= 0.6 is 0 Å². The van der Waals surface area contributed by atoms with Gasteiger partial charge in [-0.1, -0.05) is 42.5 Å². The van der Waals surface area contributed by atoms with Gasteiger partial charge in [-0.2, -0.15) is 5.26 Å². The first kappa shape index (κ1) is 12.8. The van der Waals surface area contributed by atoms with Crippen molar-refractivity contribution in [3.63, 3.8) is 0 Å². The van der Waals surface area contributed by atoms with Gasteiger partial charge in [0.05, 0.1) is 18.3 Å². The van der Waals surface area contributed by atoms with Gasteiger partial charge in [0.25, 0.3) is 0 Å². The van der Waals surface area contributed by atoms with Gasteiger partial charge in [-0.25, -0.2) is 0 Å². The summed E-state index contributed by atoms with van der Waals surface area (Å²) in [5.41, 5.74) is 1.01. The molecule has 0 aliphatic carbocycles. The van der Waals surface area contributed by atoms with Crippen LogP contribution in [0.1, 0.15) is 22.5 Å². The minimum atomic E-state index is -0.446. The van der Waals surface area contributed by atoms with Crippen molar-refractivity contribution in [3.8, 4) is 6.07 Å². The van der Waals surface area contributed by atoms with Crippen molar-refractivity contribution in [3.05, 3.63) is 66.1 Å². The molecule has 3 nitrogen and oxygen atoms in total. The molecule has 1 aromatic carbocycles. The summed E-state index contributed by atoms with van der Waals surface area (Å²) in [5, 5.41) is 9.07. The molecule has 1 heterocycles. The van der Waals surface area contributed by atoms with Gasteiger partial charge in [-0.15, -0.1) is 0 Å². The van der Waals surface area contributed by atoms with Gasteiger partial charge in [0.2, 0.25) is 0 Å². The van der Waals surface area contributed by atoms with Gasteiger partial charge in [0.1, 0.15) is 0 Å². The Morgan fingerprint density at radius 3 is 2.68 bits per heavy atom. The molecule has 1 aromatic heterocycles. The summed E-state index contributed by atoms with van der Waals surface area (Å²) in [4.78, 5) is 11.8. The molecule has 2 rings (SSSR count). The predicted molar refractivity (Wildman–Crippen MR) is 72.2 cm³/mol. The van der Waals surface area contributed by atoms with Crippen molar-refractivity contribution in [2.24, 2.45) is 5.92 Å². The van der Waals surface area contributed by atoms with Crippen molar-refractivity contribution in [2.75, 3.05) is 0 Å². The molecule has 2 aromatic rings. The monoisotopic (exact) mass is 251 g/mol. The van der Waals surface area contributed by atoms with Crippen molar-refractivity contribution >= 4 is 11.9 Å². The third-order valence-corrected chi connectivity index (χ3v) is 2.69. The minimum absolute atomic E-state index is 0.132. The van der Waals surface area contributed by atoms with Gasteiger partial charge in [-0.05, 0) is 17.7 Å². The van der Waals surface area contributed by atoms with Crippen LogP contribution in [0, 0.1) is 17.2 Å². The third kappa shape index (κ3) is 3.68. The Morgan fingerprint density at radius 2 is 2.05 bits per heavy atom. The van der Waals surface area contributed by atoms with Crippen LogP contribution in [0.4, 0.5) is 0 Å². The highest BCUT2D eigenvalue weighted by Crippen LogP contribution is 2.13. The SMILES string of the molecule is N#CC(/C=C/c1ccccc1)CC(=O)c1ccco1. The number of hydrogen-bond donors (Lipinski definition) is 0. The second kappa shape index (κ2) is 6.36. The molecule has 0 bridgehead atoms. The fourth-order valence-corrected chi connectivity index (χ4v) is 1.69. The van der Waals surface area contributed by atoms with Crippen molar-refractivity contribution < 1.29 is 9.21 Å². The van der Waals surface area contributed by atoms with E-state index < -0.39 is 5.92 Å². The Balaban J connectivity index is 2.00. The summed E-state index contributed by atoms with van der Waals surface area (Å²) in [6.45, 7) is 0. The zero-order chi connectivity index (χ0) is 13.5. The molecule has 0 aliphatic heterocycles. The summed E-state index contributed by atoms with van der Waals surface area (Å²) >= 11 is 0. The smallest absolute Gasteiger partial charge is 0.199 e. The van der Waals surface area contributed by atoms with E-state index in [4.69, 9.17) is 9.68 Å². The largest absolute Gasteiger partial charge is 0.461 e. The lowest BCUT2D eigenvalue weighted by molar-refractivity contribution is 0.0949. The van der Waals surface area contributed by atoms with Crippen LogP contribution in [-0.4, -0.2) is 5.78 Å². The molecule has 19 heavy (non-hydrogen) atoms. The fourth-order valence-electron chi connectivity index (χ4n) is 1.69. The second-order valence-corrected chi connectivity index (χ2v) is 4.11. The van der Waals surface area contributed by atoms with Crippen LogP contribution in [-0.2, 0) is 0 Å². The zero-order valence-electron chi connectivity index (χ0n) is 10.3. The van der Waals surface area contributed by atoms with Crippen LogP contribution in [0.3, 0.4) is 0 Å². The summed E-state index contributed by atoms with van der Waals surface area (Å²) in [6.07, 6.45) is 5.18. The molecule has 0 saturated heterocycles. The van der Waals surface area contributed by atoms with Crippen LogP contribution in [0.5, 0.6) is 0 Å². The van der Waals surface area contributed by atoms with Crippen molar-refractivity contribution in [1.29, 1.82) is 5.26 Å². The number of carbonyl (C=O) groups excluding carboxylic acids is 1. The quantitative estimate of drug-likeness (QED) is 0.761. The maximum atomic E-state index is 11.8. The number of ketones is 1. The second-order valence-electron chi connectivity index (χ2n) is 4.11. The number of Topliss-reactive ketones (excluding diaryl/α,β-unsaturated/α-hetero) is 1. The molecule has 0 amide bonds. The Bertz CT molecular complexity index is 591. The van der Waals surface area contributed by atoms with Crippen LogP contribution in [0.15, 0.2) is 59.2 Å². The van der Waals surface area contributed by atoms with E-state index in [1.54, 1.807) is 18.2 Å². The average molecular weight is 251 g/mol. The highest BCUT2D eigenvalue weighted by molar-refractivity contribution is 5.93. The van der Waals surface area contributed by atoms with Gasteiger partial charge < -0.3 is 4.42 Å².